The number of rotatable bonds is 5. The maximum atomic E-state index is 13.0. The van der Waals surface area contributed by atoms with Crippen LogP contribution < -0.4 is 4.74 Å². The Kier molecular flexibility index (Phi) is 5.75. The number of nitro benzene ring substituents is 1. The summed E-state index contributed by atoms with van der Waals surface area (Å²) in [5.41, 5.74) is 4.25. The van der Waals surface area contributed by atoms with Crippen molar-refractivity contribution in [3.8, 4) is 16.9 Å². The molecule has 3 aromatic carbocycles. The number of benzene rings is 3. The number of hydrogen-bond donors (Lipinski definition) is 0. The molecule has 1 atom stereocenters. The molecular weight excluding hydrogens is 456 g/mol. The normalized spacial score (nSPS) is 14.0. The van der Waals surface area contributed by atoms with Gasteiger partial charge in [-0.25, -0.2) is 0 Å². The lowest BCUT2D eigenvalue weighted by molar-refractivity contribution is -0.383. The molecule has 0 spiro atoms. The van der Waals surface area contributed by atoms with Crippen LogP contribution in [-0.4, -0.2) is 27.9 Å². The van der Waals surface area contributed by atoms with Crippen LogP contribution in [0, 0.1) is 17.0 Å². The van der Waals surface area contributed by atoms with Gasteiger partial charge in [0, 0.05) is 29.6 Å². The van der Waals surface area contributed by atoms with E-state index in [9.17, 15) is 14.9 Å². The van der Waals surface area contributed by atoms with Gasteiger partial charge in [-0.15, -0.1) is 0 Å². The summed E-state index contributed by atoms with van der Waals surface area (Å²) in [6.45, 7) is 9.71. The molecule has 7 heteroatoms. The Hall–Kier alpha value is -3.84. The van der Waals surface area contributed by atoms with Crippen LogP contribution >= 0.6 is 0 Å². The standard InChI is InChI=1S/C29H28N2O5/c1-16-15-21-19(7-6-8-22(21)31(33)34)26(24(16)28(17(2)32)36-29(3,4)5)20-9-10-23-25-18(12-14-35-23)11-13-30-27(20)25/h6-11,13,15,28H,12,14H2,1-5H3/t28-/m1/s1. The van der Waals surface area contributed by atoms with E-state index in [-0.39, 0.29) is 16.4 Å². The summed E-state index contributed by atoms with van der Waals surface area (Å²) >= 11 is 0. The lowest BCUT2D eigenvalue weighted by Gasteiger charge is -2.30. The molecule has 1 aliphatic heterocycles. The Bertz CT molecular complexity index is 1540. The quantitative estimate of drug-likeness (QED) is 0.233. The van der Waals surface area contributed by atoms with E-state index in [1.54, 1.807) is 18.3 Å². The van der Waals surface area contributed by atoms with Crippen LogP contribution in [0.3, 0.4) is 0 Å². The van der Waals surface area contributed by atoms with Crippen LogP contribution in [0.1, 0.15) is 50.5 Å². The second-order valence-corrected chi connectivity index (χ2v) is 10.2. The molecule has 1 aliphatic rings. The van der Waals surface area contributed by atoms with Gasteiger partial charge in [0.2, 0.25) is 0 Å². The summed E-state index contributed by atoms with van der Waals surface area (Å²) in [6, 6.07) is 12.7. The van der Waals surface area contributed by atoms with Crippen molar-refractivity contribution in [3.63, 3.8) is 0 Å². The van der Waals surface area contributed by atoms with Crippen LogP contribution in [0.5, 0.6) is 5.75 Å². The van der Waals surface area contributed by atoms with Gasteiger partial charge in [-0.1, -0.05) is 12.1 Å². The second-order valence-electron chi connectivity index (χ2n) is 10.2. The lowest BCUT2D eigenvalue weighted by atomic mass is 9.84. The van der Waals surface area contributed by atoms with Gasteiger partial charge >= 0.3 is 0 Å². The van der Waals surface area contributed by atoms with Gasteiger partial charge in [0.25, 0.3) is 5.69 Å². The van der Waals surface area contributed by atoms with Crippen molar-refractivity contribution in [1.82, 2.24) is 4.98 Å². The number of carbonyl (C=O) groups is 1. The van der Waals surface area contributed by atoms with Crippen molar-refractivity contribution in [3.05, 3.63) is 75.5 Å². The number of aryl methyl sites for hydroxylation is 1. The SMILES string of the molecule is CC(=O)[C@@H](OC(C)(C)C)c1c(C)cc2c([N+](=O)[O-])cccc2c1-c1ccc2c3c(ccnc13)CCO2. The van der Waals surface area contributed by atoms with Gasteiger partial charge in [-0.2, -0.15) is 0 Å². The maximum Gasteiger partial charge on any atom is 0.277 e. The Morgan fingerprint density at radius 2 is 1.94 bits per heavy atom. The molecule has 5 rings (SSSR count). The molecule has 0 N–H and O–H groups in total. The number of hydrogen-bond acceptors (Lipinski definition) is 6. The molecule has 0 radical (unpaired) electrons. The molecule has 0 aliphatic carbocycles. The number of non-ortho nitro benzene ring substituents is 1. The number of ketones is 1. The van der Waals surface area contributed by atoms with E-state index in [0.29, 0.717) is 22.9 Å². The number of fused-ring (bicyclic) bond motifs is 1. The van der Waals surface area contributed by atoms with Crippen LogP contribution in [-0.2, 0) is 16.0 Å². The molecular formula is C29H28N2O5. The van der Waals surface area contributed by atoms with Crippen LogP contribution in [0.15, 0.2) is 48.7 Å². The van der Waals surface area contributed by atoms with Crippen LogP contribution in [0.25, 0.3) is 32.8 Å². The fourth-order valence-electron chi connectivity index (χ4n) is 5.15. The number of nitrogens with zero attached hydrogens (tertiary/aromatic N) is 2. The van der Waals surface area contributed by atoms with E-state index < -0.39 is 11.7 Å². The van der Waals surface area contributed by atoms with Crippen molar-refractivity contribution in [2.45, 2.75) is 52.7 Å². The highest BCUT2D eigenvalue weighted by Gasteiger charge is 2.31. The van der Waals surface area contributed by atoms with Crippen molar-refractivity contribution in [2.24, 2.45) is 0 Å². The Morgan fingerprint density at radius 3 is 2.64 bits per heavy atom. The van der Waals surface area contributed by atoms with Gasteiger partial charge in [-0.05, 0) is 86.5 Å². The van der Waals surface area contributed by atoms with E-state index in [4.69, 9.17) is 14.5 Å². The highest BCUT2D eigenvalue weighted by Crippen LogP contribution is 2.46. The molecule has 0 bridgehead atoms. The minimum Gasteiger partial charge on any atom is -0.493 e. The number of ether oxygens (including phenoxy) is 2. The summed E-state index contributed by atoms with van der Waals surface area (Å²) in [7, 11) is 0. The zero-order valence-electron chi connectivity index (χ0n) is 21.0. The van der Waals surface area contributed by atoms with Gasteiger partial charge < -0.3 is 9.47 Å². The first-order chi connectivity index (χ1) is 17.1. The van der Waals surface area contributed by atoms with E-state index >= 15 is 0 Å². The average Bonchev–Trinajstić information content (AvgIpc) is 2.81. The average molecular weight is 485 g/mol. The first kappa shape index (κ1) is 23.9. The number of nitro groups is 1. The summed E-state index contributed by atoms with van der Waals surface area (Å²) < 4.78 is 12.2. The van der Waals surface area contributed by atoms with Crippen LogP contribution in [0.4, 0.5) is 5.69 Å². The molecule has 4 aromatic rings. The number of carbonyl (C=O) groups excluding carboxylic acids is 1. The van der Waals surface area contributed by atoms with E-state index in [1.165, 1.54) is 13.0 Å². The molecule has 0 amide bonds. The molecule has 2 heterocycles. The largest absolute Gasteiger partial charge is 0.493 e. The molecule has 7 nitrogen and oxygen atoms in total. The number of aromatic nitrogens is 1. The minimum atomic E-state index is -0.856. The molecule has 184 valence electrons. The smallest absolute Gasteiger partial charge is 0.277 e. The third kappa shape index (κ3) is 3.99. The van der Waals surface area contributed by atoms with Crippen molar-refractivity contribution in [2.75, 3.05) is 6.61 Å². The third-order valence-corrected chi connectivity index (χ3v) is 6.55. The molecule has 0 fully saturated rings. The Labute approximate surface area is 209 Å². The lowest BCUT2D eigenvalue weighted by Crippen LogP contribution is -2.27. The van der Waals surface area contributed by atoms with E-state index in [0.717, 1.165) is 45.3 Å². The fourth-order valence-corrected chi connectivity index (χ4v) is 5.15. The first-order valence-corrected chi connectivity index (χ1v) is 12.0. The monoisotopic (exact) mass is 484 g/mol. The molecule has 36 heavy (non-hydrogen) atoms. The summed E-state index contributed by atoms with van der Waals surface area (Å²) in [6.07, 6.45) is 1.70. The number of Topliss-reactive ketones (excluding diaryl/α,β-unsaturated/α-hetero) is 1. The highest BCUT2D eigenvalue weighted by molar-refractivity contribution is 6.10. The maximum absolute atomic E-state index is 13.0. The molecule has 1 aromatic heterocycles. The van der Waals surface area contributed by atoms with Crippen molar-refractivity contribution >= 4 is 33.1 Å². The fraction of sp³-hybridized carbons (Fsp3) is 0.310. The van der Waals surface area contributed by atoms with Crippen molar-refractivity contribution < 1.29 is 19.2 Å². The van der Waals surface area contributed by atoms with Crippen molar-refractivity contribution in [1.29, 1.82) is 0 Å². The number of pyridine rings is 1. The van der Waals surface area contributed by atoms with E-state index in [1.807, 2.05) is 52.0 Å². The summed E-state index contributed by atoms with van der Waals surface area (Å²) in [5.74, 6) is 0.625. The Morgan fingerprint density at radius 1 is 1.17 bits per heavy atom. The summed E-state index contributed by atoms with van der Waals surface area (Å²) in [5, 5.41) is 14.1. The van der Waals surface area contributed by atoms with E-state index in [2.05, 4.69) is 0 Å². The zero-order valence-corrected chi connectivity index (χ0v) is 21.0. The zero-order chi connectivity index (χ0) is 25.8. The van der Waals surface area contributed by atoms with Gasteiger partial charge in [0.15, 0.2) is 5.78 Å². The second kappa shape index (κ2) is 8.68. The summed E-state index contributed by atoms with van der Waals surface area (Å²) in [4.78, 5) is 29.3. The molecule has 0 unspecified atom stereocenters. The van der Waals surface area contributed by atoms with Gasteiger partial charge in [-0.3, -0.25) is 19.9 Å². The third-order valence-electron chi connectivity index (χ3n) is 6.55. The molecule has 0 saturated heterocycles. The predicted octanol–water partition coefficient (Wildman–Crippen LogP) is 6.65. The Balaban J connectivity index is 1.95. The molecule has 0 saturated carbocycles. The minimum absolute atomic E-state index is 0.0125. The topological polar surface area (TPSA) is 91.6 Å². The predicted molar refractivity (Wildman–Crippen MR) is 140 cm³/mol. The highest BCUT2D eigenvalue weighted by atomic mass is 16.6. The van der Waals surface area contributed by atoms with Gasteiger partial charge in [0.1, 0.15) is 11.9 Å². The first-order valence-electron chi connectivity index (χ1n) is 12.0. The van der Waals surface area contributed by atoms with Crippen LogP contribution in [0.2, 0.25) is 0 Å². The van der Waals surface area contributed by atoms with Gasteiger partial charge in [0.05, 0.1) is 28.0 Å².